The molecule has 0 amide bonds. The van der Waals surface area contributed by atoms with Crippen LogP contribution >= 0.6 is 23.2 Å². The first kappa shape index (κ1) is 20.1. The second kappa shape index (κ2) is 9.00. The molecule has 3 aromatic carbocycles. The van der Waals surface area contributed by atoms with Gasteiger partial charge in [-0.2, -0.15) is 0 Å². The Balaban J connectivity index is 1.61. The van der Waals surface area contributed by atoms with Crippen molar-refractivity contribution >= 4 is 34.9 Å². The molecule has 0 heterocycles. The molecule has 0 aliphatic carbocycles. The van der Waals surface area contributed by atoms with Gasteiger partial charge in [-0.15, -0.1) is 0 Å². The predicted octanol–water partition coefficient (Wildman–Crippen LogP) is 6.19. The van der Waals surface area contributed by atoms with Crippen molar-refractivity contribution in [1.82, 2.24) is 0 Å². The third-order valence-corrected chi connectivity index (χ3v) is 5.04. The highest BCUT2D eigenvalue weighted by atomic mass is 35.5. The van der Waals surface area contributed by atoms with Crippen molar-refractivity contribution in [2.75, 3.05) is 5.32 Å². The van der Waals surface area contributed by atoms with Gasteiger partial charge in [0, 0.05) is 27.8 Å². The fourth-order valence-corrected chi connectivity index (χ4v) is 3.18. The van der Waals surface area contributed by atoms with Crippen LogP contribution in [0.1, 0.15) is 27.0 Å². The van der Waals surface area contributed by atoms with Crippen molar-refractivity contribution in [1.29, 1.82) is 0 Å². The number of carbonyl (C=O) groups is 1. The molecule has 4 nitrogen and oxygen atoms in total. The van der Waals surface area contributed by atoms with E-state index in [1.807, 2.05) is 31.2 Å². The summed E-state index contributed by atoms with van der Waals surface area (Å²) in [6.45, 7) is 2.79. The molecule has 0 aromatic heterocycles. The van der Waals surface area contributed by atoms with Crippen LogP contribution in [0.4, 0.5) is 5.69 Å². The summed E-state index contributed by atoms with van der Waals surface area (Å²) in [5, 5.41) is 13.6. The zero-order valence-corrected chi connectivity index (χ0v) is 16.7. The minimum atomic E-state index is -0.942. The van der Waals surface area contributed by atoms with Crippen molar-refractivity contribution in [2.24, 2.45) is 0 Å². The van der Waals surface area contributed by atoms with Gasteiger partial charge in [0.05, 0.1) is 5.56 Å². The van der Waals surface area contributed by atoms with Crippen molar-refractivity contribution in [3.05, 3.63) is 93.0 Å². The van der Waals surface area contributed by atoms with Crippen LogP contribution in [0, 0.1) is 6.92 Å². The summed E-state index contributed by atoms with van der Waals surface area (Å²) in [4.78, 5) is 11.1. The molecule has 2 N–H and O–H groups in total. The van der Waals surface area contributed by atoms with E-state index in [1.54, 1.807) is 36.4 Å². The van der Waals surface area contributed by atoms with Gasteiger partial charge in [0.15, 0.2) is 0 Å². The van der Waals surface area contributed by atoms with Crippen LogP contribution in [0.3, 0.4) is 0 Å². The van der Waals surface area contributed by atoms with E-state index >= 15 is 0 Å². The number of aryl methyl sites for hydroxylation is 1. The molecule has 3 aromatic rings. The molecule has 0 bridgehead atoms. The van der Waals surface area contributed by atoms with Gasteiger partial charge >= 0.3 is 5.97 Å². The number of nitrogens with one attached hydrogen (secondary N) is 1. The third-order valence-electron chi connectivity index (χ3n) is 4.34. The van der Waals surface area contributed by atoms with Gasteiger partial charge in [-0.05, 0) is 54.4 Å². The molecule has 0 saturated heterocycles. The highest BCUT2D eigenvalue weighted by molar-refractivity contribution is 6.35. The van der Waals surface area contributed by atoms with Gasteiger partial charge in [-0.3, -0.25) is 0 Å². The van der Waals surface area contributed by atoms with Gasteiger partial charge in [0.25, 0.3) is 0 Å². The highest BCUT2D eigenvalue weighted by Crippen LogP contribution is 2.26. The number of halogens is 2. The molecule has 0 aliphatic rings. The lowest BCUT2D eigenvalue weighted by atomic mass is 10.1. The minimum Gasteiger partial charge on any atom is -0.489 e. The van der Waals surface area contributed by atoms with Crippen molar-refractivity contribution < 1.29 is 14.6 Å². The number of aromatic carboxylic acids is 1. The van der Waals surface area contributed by atoms with Crippen LogP contribution in [0.15, 0.2) is 60.7 Å². The lowest BCUT2D eigenvalue weighted by Crippen LogP contribution is -2.04. The zero-order valence-electron chi connectivity index (χ0n) is 15.2. The molecule has 3 rings (SSSR count). The van der Waals surface area contributed by atoms with E-state index in [0.29, 0.717) is 22.3 Å². The Morgan fingerprint density at radius 1 is 1.04 bits per heavy atom. The largest absolute Gasteiger partial charge is 0.489 e. The van der Waals surface area contributed by atoms with Crippen molar-refractivity contribution in [3.8, 4) is 5.75 Å². The molecule has 0 atom stereocenters. The van der Waals surface area contributed by atoms with Gasteiger partial charge < -0.3 is 15.2 Å². The Labute approximate surface area is 173 Å². The molecular formula is C22H19Cl2NO3. The maximum atomic E-state index is 11.1. The Hall–Kier alpha value is -2.69. The molecular weight excluding hydrogens is 397 g/mol. The van der Waals surface area contributed by atoms with E-state index < -0.39 is 5.97 Å². The molecule has 0 saturated carbocycles. The molecule has 144 valence electrons. The second-order valence-electron chi connectivity index (χ2n) is 6.32. The van der Waals surface area contributed by atoms with Gasteiger partial charge in [-0.25, -0.2) is 4.79 Å². The van der Waals surface area contributed by atoms with Crippen LogP contribution in [-0.2, 0) is 13.2 Å². The quantitative estimate of drug-likeness (QED) is 0.482. The van der Waals surface area contributed by atoms with Crippen LogP contribution in [-0.4, -0.2) is 11.1 Å². The fourth-order valence-electron chi connectivity index (χ4n) is 2.67. The van der Waals surface area contributed by atoms with Gasteiger partial charge in [0.1, 0.15) is 12.4 Å². The van der Waals surface area contributed by atoms with Crippen molar-refractivity contribution in [2.45, 2.75) is 20.1 Å². The molecule has 0 unspecified atom stereocenters. The maximum Gasteiger partial charge on any atom is 0.335 e. The third kappa shape index (κ3) is 4.97. The minimum absolute atomic E-state index is 0.259. The Morgan fingerprint density at radius 2 is 1.71 bits per heavy atom. The molecule has 28 heavy (non-hydrogen) atoms. The van der Waals surface area contributed by atoms with E-state index in [0.717, 1.165) is 22.4 Å². The SMILES string of the molecule is Cc1ccc(C(=O)O)cc1NCc1ccc(OCc2c(Cl)cccc2Cl)cc1. The van der Waals surface area contributed by atoms with E-state index in [1.165, 1.54) is 0 Å². The Morgan fingerprint density at radius 3 is 2.36 bits per heavy atom. The smallest absolute Gasteiger partial charge is 0.335 e. The number of rotatable bonds is 7. The second-order valence-corrected chi connectivity index (χ2v) is 7.14. The Bertz CT molecular complexity index is 967. The number of benzene rings is 3. The number of hydrogen-bond donors (Lipinski definition) is 2. The number of carboxylic acids is 1. The summed E-state index contributed by atoms with van der Waals surface area (Å²) < 4.78 is 5.78. The summed E-state index contributed by atoms with van der Waals surface area (Å²) >= 11 is 12.3. The summed E-state index contributed by atoms with van der Waals surface area (Å²) in [5.41, 5.74) is 3.85. The molecule has 0 fully saturated rings. The van der Waals surface area contributed by atoms with E-state index in [9.17, 15) is 4.79 Å². The summed E-state index contributed by atoms with van der Waals surface area (Å²) in [6.07, 6.45) is 0. The van der Waals surface area contributed by atoms with Crippen LogP contribution in [0.25, 0.3) is 0 Å². The predicted molar refractivity (Wildman–Crippen MR) is 113 cm³/mol. The molecule has 6 heteroatoms. The Kier molecular flexibility index (Phi) is 6.45. The highest BCUT2D eigenvalue weighted by Gasteiger charge is 2.08. The van der Waals surface area contributed by atoms with E-state index in [4.69, 9.17) is 33.0 Å². The first-order valence-electron chi connectivity index (χ1n) is 8.66. The van der Waals surface area contributed by atoms with Crippen LogP contribution in [0.5, 0.6) is 5.75 Å². The van der Waals surface area contributed by atoms with Crippen LogP contribution in [0.2, 0.25) is 10.0 Å². The zero-order chi connectivity index (χ0) is 20.1. The molecule has 0 aliphatic heterocycles. The maximum absolute atomic E-state index is 11.1. The summed E-state index contributed by atoms with van der Waals surface area (Å²) in [6, 6.07) is 18.0. The van der Waals surface area contributed by atoms with E-state index in [2.05, 4.69) is 5.32 Å². The average Bonchev–Trinajstić information content (AvgIpc) is 2.67. The number of anilines is 1. The van der Waals surface area contributed by atoms with Gasteiger partial charge in [-0.1, -0.05) is 47.5 Å². The van der Waals surface area contributed by atoms with Crippen molar-refractivity contribution in [3.63, 3.8) is 0 Å². The average molecular weight is 416 g/mol. The van der Waals surface area contributed by atoms with E-state index in [-0.39, 0.29) is 12.2 Å². The number of hydrogen-bond acceptors (Lipinski definition) is 3. The standard InChI is InChI=1S/C22H19Cl2NO3/c1-14-5-8-16(22(26)27)11-21(14)25-12-15-6-9-17(10-7-15)28-13-18-19(23)3-2-4-20(18)24/h2-11,25H,12-13H2,1H3,(H,26,27). The number of ether oxygens (including phenoxy) is 1. The summed E-state index contributed by atoms with van der Waals surface area (Å²) in [5.74, 6) is -0.230. The molecule has 0 radical (unpaired) electrons. The lowest BCUT2D eigenvalue weighted by molar-refractivity contribution is 0.0697. The first-order chi connectivity index (χ1) is 13.4. The molecule has 0 spiro atoms. The fraction of sp³-hybridized carbons (Fsp3) is 0.136. The summed E-state index contributed by atoms with van der Waals surface area (Å²) in [7, 11) is 0. The topological polar surface area (TPSA) is 58.6 Å². The monoisotopic (exact) mass is 415 g/mol. The first-order valence-corrected chi connectivity index (χ1v) is 9.42. The normalized spacial score (nSPS) is 10.5. The van der Waals surface area contributed by atoms with Crippen LogP contribution < -0.4 is 10.1 Å². The van der Waals surface area contributed by atoms with Gasteiger partial charge in [0.2, 0.25) is 0 Å². The lowest BCUT2D eigenvalue weighted by Gasteiger charge is -2.12. The number of carboxylic acid groups (broad SMARTS) is 1.